The largest absolute Gasteiger partial charge is 0.371 e. The van der Waals surface area contributed by atoms with Crippen LogP contribution in [-0.4, -0.2) is 38.2 Å². The molecule has 0 radical (unpaired) electrons. The van der Waals surface area contributed by atoms with Gasteiger partial charge in [-0.2, -0.15) is 5.10 Å². The van der Waals surface area contributed by atoms with Gasteiger partial charge in [0.25, 0.3) is 0 Å². The number of aromatic nitrogens is 3. The van der Waals surface area contributed by atoms with Crippen molar-refractivity contribution in [2.24, 2.45) is 0 Å². The summed E-state index contributed by atoms with van der Waals surface area (Å²) in [5, 5.41) is 4.72. The molecule has 2 aromatic carbocycles. The minimum absolute atomic E-state index is 0.101. The Morgan fingerprint density at radius 3 is 2.56 bits per heavy atom. The Morgan fingerprint density at radius 1 is 1.03 bits per heavy atom. The van der Waals surface area contributed by atoms with Crippen LogP contribution in [0.4, 0.5) is 10.1 Å². The lowest BCUT2D eigenvalue weighted by Crippen LogP contribution is -2.35. The van der Waals surface area contributed by atoms with Crippen molar-refractivity contribution in [2.75, 3.05) is 18.0 Å². The van der Waals surface area contributed by atoms with Gasteiger partial charge in [0.2, 0.25) is 0 Å². The predicted octanol–water partition coefficient (Wildman–Crippen LogP) is 5.63. The standard InChI is InChI=1S/C25H30FN5S/c1-19-7-10-25(20-5-3-2-4-6-20)32-31(19)16-21-8-9-23(15-24(21)26)29-13-11-22(12-14-29)30-18-27-17-28-30/h2-6,8-9,15,17-19,22,25H,7,10-14,16H2,1H3/t19-,25?/m0/s1. The van der Waals surface area contributed by atoms with Crippen LogP contribution in [0.3, 0.4) is 0 Å². The zero-order chi connectivity index (χ0) is 21.9. The van der Waals surface area contributed by atoms with Gasteiger partial charge < -0.3 is 4.90 Å². The first-order chi connectivity index (χ1) is 15.7. The number of rotatable bonds is 5. The quantitative estimate of drug-likeness (QED) is 0.470. The normalized spacial score (nSPS) is 22.9. The van der Waals surface area contributed by atoms with E-state index in [1.54, 1.807) is 18.7 Å². The van der Waals surface area contributed by atoms with E-state index in [1.807, 2.05) is 22.7 Å². The maximum atomic E-state index is 15.1. The summed E-state index contributed by atoms with van der Waals surface area (Å²) in [7, 11) is 0. The van der Waals surface area contributed by atoms with Gasteiger partial charge in [0.05, 0.1) is 6.04 Å². The average Bonchev–Trinajstić information content (AvgIpc) is 3.37. The van der Waals surface area contributed by atoms with Gasteiger partial charge in [0, 0.05) is 42.2 Å². The van der Waals surface area contributed by atoms with Crippen LogP contribution in [0.25, 0.3) is 0 Å². The number of hydrogen-bond donors (Lipinski definition) is 0. The van der Waals surface area contributed by atoms with E-state index in [2.05, 4.69) is 62.6 Å². The van der Waals surface area contributed by atoms with Crippen molar-refractivity contribution in [1.82, 2.24) is 19.1 Å². The minimum Gasteiger partial charge on any atom is -0.371 e. The second-order valence-corrected chi connectivity index (χ2v) is 10.1. The molecular weight excluding hydrogens is 421 g/mol. The average molecular weight is 452 g/mol. The molecule has 0 spiro atoms. The van der Waals surface area contributed by atoms with E-state index in [4.69, 9.17) is 0 Å². The van der Waals surface area contributed by atoms with E-state index in [9.17, 15) is 0 Å². The molecular formula is C25H30FN5S. The van der Waals surface area contributed by atoms with E-state index in [-0.39, 0.29) is 5.82 Å². The zero-order valence-corrected chi connectivity index (χ0v) is 19.3. The molecule has 5 nitrogen and oxygen atoms in total. The van der Waals surface area contributed by atoms with E-state index in [0.717, 1.165) is 50.0 Å². The molecule has 7 heteroatoms. The molecule has 2 aliphatic rings. The molecule has 0 amide bonds. The number of anilines is 1. The predicted molar refractivity (Wildman–Crippen MR) is 128 cm³/mol. The summed E-state index contributed by atoms with van der Waals surface area (Å²) in [4.78, 5) is 6.34. The Morgan fingerprint density at radius 2 is 1.84 bits per heavy atom. The Balaban J connectivity index is 1.22. The molecule has 0 aliphatic carbocycles. The third-order valence-electron chi connectivity index (χ3n) is 6.78. The molecule has 168 valence electrons. The number of halogens is 1. The van der Waals surface area contributed by atoms with Gasteiger partial charge in [0.1, 0.15) is 18.5 Å². The summed E-state index contributed by atoms with van der Waals surface area (Å²) in [5.41, 5.74) is 3.11. The van der Waals surface area contributed by atoms with Crippen LogP contribution in [0.15, 0.2) is 61.2 Å². The first kappa shape index (κ1) is 21.5. The number of nitrogens with zero attached hydrogens (tertiary/aromatic N) is 5. The monoisotopic (exact) mass is 451 g/mol. The molecule has 2 aliphatic heterocycles. The van der Waals surface area contributed by atoms with Gasteiger partial charge in [-0.15, -0.1) is 0 Å². The maximum absolute atomic E-state index is 15.1. The van der Waals surface area contributed by atoms with Crippen molar-refractivity contribution >= 4 is 17.6 Å². The lowest BCUT2D eigenvalue weighted by Gasteiger charge is -2.37. The number of piperidine rings is 1. The highest BCUT2D eigenvalue weighted by Crippen LogP contribution is 2.43. The second kappa shape index (κ2) is 9.63. The van der Waals surface area contributed by atoms with Crippen LogP contribution >= 0.6 is 11.9 Å². The fourth-order valence-corrected chi connectivity index (χ4v) is 6.14. The summed E-state index contributed by atoms with van der Waals surface area (Å²) >= 11 is 1.87. The van der Waals surface area contributed by atoms with Crippen LogP contribution in [0.2, 0.25) is 0 Å². The Labute approximate surface area is 193 Å². The number of hydrogen-bond acceptors (Lipinski definition) is 5. The van der Waals surface area contributed by atoms with Crippen molar-refractivity contribution < 1.29 is 4.39 Å². The van der Waals surface area contributed by atoms with Crippen LogP contribution in [0.1, 0.15) is 55.0 Å². The van der Waals surface area contributed by atoms with Crippen molar-refractivity contribution in [3.8, 4) is 0 Å². The highest BCUT2D eigenvalue weighted by Gasteiger charge is 2.28. The smallest absolute Gasteiger partial charge is 0.137 e. The summed E-state index contributed by atoms with van der Waals surface area (Å²) in [5.74, 6) is -0.101. The second-order valence-electron chi connectivity index (χ2n) is 8.88. The third-order valence-corrected chi connectivity index (χ3v) is 8.30. The summed E-state index contributed by atoms with van der Waals surface area (Å²) < 4.78 is 19.4. The highest BCUT2D eigenvalue weighted by molar-refractivity contribution is 7.97. The Kier molecular flexibility index (Phi) is 6.46. The first-order valence-corrected chi connectivity index (χ1v) is 12.4. The molecule has 0 bridgehead atoms. The fraction of sp³-hybridized carbons (Fsp3) is 0.440. The van der Waals surface area contributed by atoms with E-state index in [0.29, 0.717) is 23.9 Å². The van der Waals surface area contributed by atoms with E-state index in [1.165, 1.54) is 5.56 Å². The molecule has 3 heterocycles. The topological polar surface area (TPSA) is 37.2 Å². The molecule has 1 unspecified atom stereocenters. The molecule has 2 atom stereocenters. The van der Waals surface area contributed by atoms with Gasteiger partial charge in [-0.25, -0.2) is 18.4 Å². The molecule has 2 saturated heterocycles. The van der Waals surface area contributed by atoms with Crippen molar-refractivity contribution in [3.63, 3.8) is 0 Å². The van der Waals surface area contributed by atoms with Gasteiger partial charge in [-0.1, -0.05) is 48.3 Å². The molecule has 5 rings (SSSR count). The fourth-order valence-electron chi connectivity index (χ4n) is 4.77. The lowest BCUT2D eigenvalue weighted by atomic mass is 10.0. The van der Waals surface area contributed by atoms with Crippen molar-refractivity contribution in [1.29, 1.82) is 0 Å². The van der Waals surface area contributed by atoms with Gasteiger partial charge in [-0.3, -0.25) is 0 Å². The van der Waals surface area contributed by atoms with Crippen molar-refractivity contribution in [3.05, 3.63) is 78.1 Å². The van der Waals surface area contributed by atoms with Crippen molar-refractivity contribution in [2.45, 2.75) is 56.5 Å². The van der Waals surface area contributed by atoms with Crippen LogP contribution in [-0.2, 0) is 6.54 Å². The molecule has 3 aromatic rings. The van der Waals surface area contributed by atoms with Gasteiger partial charge >= 0.3 is 0 Å². The maximum Gasteiger partial charge on any atom is 0.137 e. The van der Waals surface area contributed by atoms with Crippen LogP contribution < -0.4 is 4.90 Å². The SMILES string of the molecule is C[C@H]1CCC(c2ccccc2)SN1Cc1ccc(N2CCC(n3cncn3)CC2)cc1F. The summed E-state index contributed by atoms with van der Waals surface area (Å²) in [6.45, 7) is 4.69. The molecule has 0 N–H and O–H groups in total. The van der Waals surface area contributed by atoms with Gasteiger partial charge in [-0.05, 0) is 50.3 Å². The molecule has 1 aromatic heterocycles. The number of benzene rings is 2. The zero-order valence-electron chi connectivity index (χ0n) is 18.5. The summed E-state index contributed by atoms with van der Waals surface area (Å²) in [6.07, 6.45) is 7.66. The first-order valence-electron chi connectivity index (χ1n) is 11.5. The lowest BCUT2D eigenvalue weighted by molar-refractivity contribution is 0.317. The molecule has 32 heavy (non-hydrogen) atoms. The Hall–Kier alpha value is -2.38. The van der Waals surface area contributed by atoms with E-state index >= 15 is 4.39 Å². The van der Waals surface area contributed by atoms with E-state index < -0.39 is 0 Å². The highest BCUT2D eigenvalue weighted by atomic mass is 32.2. The van der Waals surface area contributed by atoms with Gasteiger partial charge in [0.15, 0.2) is 0 Å². The third kappa shape index (κ3) is 4.69. The van der Waals surface area contributed by atoms with Crippen LogP contribution in [0, 0.1) is 5.82 Å². The molecule has 2 fully saturated rings. The summed E-state index contributed by atoms with van der Waals surface area (Å²) in [6, 6.07) is 17.3. The van der Waals surface area contributed by atoms with Crippen LogP contribution in [0.5, 0.6) is 0 Å². The Bertz CT molecular complexity index is 1000. The molecule has 0 saturated carbocycles. The minimum atomic E-state index is -0.101.